The Labute approximate surface area is 131 Å². The molecule has 2 aliphatic rings. The summed E-state index contributed by atoms with van der Waals surface area (Å²) in [5.41, 5.74) is 0. The molecule has 4 atom stereocenters. The van der Waals surface area contributed by atoms with Crippen LogP contribution >= 0.6 is 0 Å². The third-order valence-electron chi connectivity index (χ3n) is 4.83. The molecular formula is C16H30N2O2S. The Kier molecular flexibility index (Phi) is 5.33. The first-order valence-corrected chi connectivity index (χ1v) is 9.57. The van der Waals surface area contributed by atoms with Gasteiger partial charge >= 0.3 is 6.03 Å². The number of amides is 2. The normalized spacial score (nSPS) is 30.9. The third-order valence-corrected chi connectivity index (χ3v) is 6.77. The highest BCUT2D eigenvalue weighted by atomic mass is 32.2. The van der Waals surface area contributed by atoms with Gasteiger partial charge in [0.05, 0.1) is 0 Å². The average Bonchev–Trinajstić information content (AvgIpc) is 2.73. The van der Waals surface area contributed by atoms with Gasteiger partial charge in [0.2, 0.25) is 0 Å². The molecule has 1 saturated heterocycles. The van der Waals surface area contributed by atoms with Gasteiger partial charge in [-0.15, -0.1) is 0 Å². The zero-order valence-electron chi connectivity index (χ0n) is 13.9. The van der Waals surface area contributed by atoms with E-state index in [1.807, 2.05) is 20.8 Å². The number of hydrogen-bond acceptors (Lipinski definition) is 2. The van der Waals surface area contributed by atoms with Gasteiger partial charge < -0.3 is 10.2 Å². The van der Waals surface area contributed by atoms with Crippen molar-refractivity contribution in [2.24, 2.45) is 5.92 Å². The van der Waals surface area contributed by atoms with Crippen molar-refractivity contribution >= 4 is 16.8 Å². The van der Waals surface area contributed by atoms with Gasteiger partial charge in [0, 0.05) is 39.9 Å². The first-order valence-electron chi connectivity index (χ1n) is 8.25. The van der Waals surface area contributed by atoms with Crippen molar-refractivity contribution in [3.63, 3.8) is 0 Å². The van der Waals surface area contributed by atoms with E-state index in [-0.39, 0.29) is 10.8 Å². The second kappa shape index (κ2) is 6.67. The molecule has 0 aromatic carbocycles. The van der Waals surface area contributed by atoms with Crippen LogP contribution < -0.4 is 5.32 Å². The molecule has 1 N–H and O–H groups in total. The average molecular weight is 314 g/mol. The Morgan fingerprint density at radius 2 is 1.95 bits per heavy atom. The van der Waals surface area contributed by atoms with Crippen molar-refractivity contribution in [3.05, 3.63) is 0 Å². The zero-order chi connectivity index (χ0) is 15.6. The number of hydrogen-bond donors (Lipinski definition) is 1. The fourth-order valence-corrected chi connectivity index (χ4v) is 4.61. The minimum absolute atomic E-state index is 0.0443. The maximum atomic E-state index is 12.5. The van der Waals surface area contributed by atoms with Gasteiger partial charge in [-0.2, -0.15) is 0 Å². The summed E-state index contributed by atoms with van der Waals surface area (Å²) >= 11 is 0. The molecule has 1 aliphatic heterocycles. The van der Waals surface area contributed by atoms with E-state index in [0.717, 1.165) is 12.8 Å². The highest BCUT2D eigenvalue weighted by Gasteiger charge is 2.42. The van der Waals surface area contributed by atoms with E-state index in [0.29, 0.717) is 30.3 Å². The van der Waals surface area contributed by atoms with Gasteiger partial charge in [-0.3, -0.25) is 4.21 Å². The lowest BCUT2D eigenvalue weighted by Crippen LogP contribution is -2.48. The third kappa shape index (κ3) is 3.99. The van der Waals surface area contributed by atoms with Crippen LogP contribution in [0.25, 0.3) is 0 Å². The maximum Gasteiger partial charge on any atom is 0.317 e. The lowest BCUT2D eigenvalue weighted by atomic mass is 9.85. The molecule has 5 heteroatoms. The second-order valence-corrected chi connectivity index (χ2v) is 9.82. The lowest BCUT2D eigenvalue weighted by molar-refractivity contribution is 0.156. The zero-order valence-corrected chi connectivity index (χ0v) is 14.7. The predicted molar refractivity (Wildman–Crippen MR) is 87.8 cm³/mol. The van der Waals surface area contributed by atoms with Crippen LogP contribution in [0.3, 0.4) is 0 Å². The molecule has 122 valence electrons. The van der Waals surface area contributed by atoms with E-state index in [9.17, 15) is 9.00 Å². The molecule has 0 radical (unpaired) electrons. The smallest absolute Gasteiger partial charge is 0.317 e. The van der Waals surface area contributed by atoms with E-state index < -0.39 is 10.8 Å². The summed E-state index contributed by atoms with van der Waals surface area (Å²) in [6.45, 7) is 8.58. The topological polar surface area (TPSA) is 49.4 Å². The molecule has 0 aromatic heterocycles. The molecule has 1 aliphatic carbocycles. The van der Waals surface area contributed by atoms with Gasteiger partial charge in [-0.1, -0.05) is 12.8 Å². The number of fused-ring (bicyclic) bond motifs is 1. The van der Waals surface area contributed by atoms with E-state index in [4.69, 9.17) is 0 Å². The molecule has 2 rings (SSSR count). The SMILES string of the molecule is C[C@@H]1C[C@@H]2CCCC[C@H]2N1C(=O)NCC[S@@](=O)C(C)(C)C. The Morgan fingerprint density at radius 1 is 1.29 bits per heavy atom. The fourth-order valence-electron chi connectivity index (χ4n) is 3.71. The van der Waals surface area contributed by atoms with Crippen LogP contribution in [0.5, 0.6) is 0 Å². The predicted octanol–water partition coefficient (Wildman–Crippen LogP) is 2.90. The highest BCUT2D eigenvalue weighted by Crippen LogP contribution is 2.39. The summed E-state index contributed by atoms with van der Waals surface area (Å²) in [6, 6.07) is 0.816. The van der Waals surface area contributed by atoms with Crippen LogP contribution in [-0.2, 0) is 10.8 Å². The first kappa shape index (κ1) is 16.8. The van der Waals surface area contributed by atoms with Gasteiger partial charge in [-0.25, -0.2) is 4.79 Å². The fraction of sp³-hybridized carbons (Fsp3) is 0.938. The van der Waals surface area contributed by atoms with Gasteiger partial charge in [0.1, 0.15) is 0 Å². The summed E-state index contributed by atoms with van der Waals surface area (Å²) in [4.78, 5) is 14.5. The van der Waals surface area contributed by atoms with Crippen LogP contribution in [-0.4, -0.2) is 44.3 Å². The lowest BCUT2D eigenvalue weighted by Gasteiger charge is -2.33. The molecule has 2 amide bonds. The molecule has 0 unspecified atom stereocenters. The molecule has 21 heavy (non-hydrogen) atoms. The molecule has 1 saturated carbocycles. The Hall–Kier alpha value is -0.580. The van der Waals surface area contributed by atoms with E-state index >= 15 is 0 Å². The molecule has 0 bridgehead atoms. The molecular weight excluding hydrogens is 284 g/mol. The number of urea groups is 1. The van der Waals surface area contributed by atoms with Crippen LogP contribution in [0.2, 0.25) is 0 Å². The second-order valence-electron chi connectivity index (χ2n) is 7.50. The van der Waals surface area contributed by atoms with Crippen molar-refractivity contribution in [1.29, 1.82) is 0 Å². The van der Waals surface area contributed by atoms with E-state index in [1.165, 1.54) is 19.3 Å². The Balaban J connectivity index is 1.84. The largest absolute Gasteiger partial charge is 0.337 e. The standard InChI is InChI=1S/C16H30N2O2S/c1-12-11-13-7-5-6-8-14(13)18(12)15(19)17-9-10-21(20)16(2,3)4/h12-14H,5-11H2,1-4H3,(H,17,19)/t12-,13+,14-,21-/m1/s1. The van der Waals surface area contributed by atoms with Crippen LogP contribution in [0.1, 0.15) is 59.8 Å². The first-order chi connectivity index (χ1) is 9.80. The van der Waals surface area contributed by atoms with E-state index in [2.05, 4.69) is 17.1 Å². The maximum absolute atomic E-state index is 12.5. The van der Waals surface area contributed by atoms with Crippen molar-refractivity contribution in [3.8, 4) is 0 Å². The van der Waals surface area contributed by atoms with Gasteiger partial charge in [0.15, 0.2) is 0 Å². The van der Waals surface area contributed by atoms with Crippen LogP contribution in [0, 0.1) is 5.92 Å². The summed E-state index contributed by atoms with van der Waals surface area (Å²) in [7, 11) is -0.905. The highest BCUT2D eigenvalue weighted by molar-refractivity contribution is 7.86. The quantitative estimate of drug-likeness (QED) is 0.871. The molecule has 1 heterocycles. The summed E-state index contributed by atoms with van der Waals surface area (Å²) in [6.07, 6.45) is 6.12. The van der Waals surface area contributed by atoms with Crippen molar-refractivity contribution in [2.75, 3.05) is 12.3 Å². The summed E-state index contributed by atoms with van der Waals surface area (Å²) in [5.74, 6) is 1.23. The summed E-state index contributed by atoms with van der Waals surface area (Å²) in [5, 5.41) is 2.98. The molecule has 4 nitrogen and oxygen atoms in total. The van der Waals surface area contributed by atoms with Crippen molar-refractivity contribution in [1.82, 2.24) is 10.2 Å². The monoisotopic (exact) mass is 314 g/mol. The minimum atomic E-state index is -0.905. The number of nitrogens with one attached hydrogen (secondary N) is 1. The molecule has 2 fully saturated rings. The number of carbonyl (C=O) groups is 1. The number of likely N-dealkylation sites (tertiary alicyclic amines) is 1. The van der Waals surface area contributed by atoms with Crippen LogP contribution in [0.15, 0.2) is 0 Å². The summed E-state index contributed by atoms with van der Waals surface area (Å²) < 4.78 is 11.8. The number of rotatable bonds is 3. The minimum Gasteiger partial charge on any atom is -0.337 e. The van der Waals surface area contributed by atoms with Crippen molar-refractivity contribution < 1.29 is 9.00 Å². The molecule has 0 aromatic rings. The number of nitrogens with zero attached hydrogens (tertiary/aromatic N) is 1. The molecule has 0 spiro atoms. The Morgan fingerprint density at radius 3 is 2.62 bits per heavy atom. The van der Waals surface area contributed by atoms with Crippen molar-refractivity contribution in [2.45, 2.75) is 76.6 Å². The number of carbonyl (C=O) groups excluding carboxylic acids is 1. The van der Waals surface area contributed by atoms with Crippen LogP contribution in [0.4, 0.5) is 4.79 Å². The Bertz CT molecular complexity index is 406. The van der Waals surface area contributed by atoms with Gasteiger partial charge in [-0.05, 0) is 52.9 Å². The van der Waals surface area contributed by atoms with E-state index in [1.54, 1.807) is 0 Å². The van der Waals surface area contributed by atoms with Gasteiger partial charge in [0.25, 0.3) is 0 Å².